The average molecular weight is 383 g/mol. The second-order valence-electron chi connectivity index (χ2n) is 7.89. The van der Waals surface area contributed by atoms with Crippen molar-refractivity contribution in [1.82, 2.24) is 10.6 Å². The van der Waals surface area contributed by atoms with E-state index < -0.39 is 11.7 Å². The number of aliphatic imine (C=N–C) groups is 1. The van der Waals surface area contributed by atoms with Gasteiger partial charge in [-0.2, -0.15) is 13.2 Å². The molecule has 150 valence electrons. The Morgan fingerprint density at radius 3 is 2.59 bits per heavy atom. The fraction of sp³-hybridized carbons (Fsp3) is 0.650. The Balaban J connectivity index is 1.58. The maximum Gasteiger partial charge on any atom is 0.416 e. The molecule has 1 aromatic carbocycles. The van der Waals surface area contributed by atoms with Crippen LogP contribution in [0.5, 0.6) is 0 Å². The Morgan fingerprint density at radius 2 is 1.96 bits per heavy atom. The summed E-state index contributed by atoms with van der Waals surface area (Å²) in [6.45, 7) is 8.52. The molecule has 3 atom stereocenters. The minimum atomic E-state index is -4.30. The third-order valence-corrected chi connectivity index (χ3v) is 5.69. The molecule has 1 saturated heterocycles. The van der Waals surface area contributed by atoms with E-state index in [0.717, 1.165) is 43.2 Å². The molecule has 3 rings (SSSR count). The molecular formula is C20H28F3N3O. The van der Waals surface area contributed by atoms with Gasteiger partial charge in [-0.25, -0.2) is 0 Å². The Kier molecular flexibility index (Phi) is 5.70. The number of nitrogens with one attached hydrogen (secondary N) is 2. The molecule has 1 saturated carbocycles. The molecule has 1 aromatic rings. The van der Waals surface area contributed by atoms with Crippen molar-refractivity contribution >= 4 is 5.96 Å². The van der Waals surface area contributed by atoms with Crippen molar-refractivity contribution in [2.75, 3.05) is 19.7 Å². The van der Waals surface area contributed by atoms with Crippen LogP contribution in [-0.4, -0.2) is 37.8 Å². The number of nitrogens with zero attached hydrogens (tertiary/aromatic N) is 1. The first kappa shape index (κ1) is 20.0. The van der Waals surface area contributed by atoms with E-state index in [2.05, 4.69) is 29.5 Å². The first-order valence-corrected chi connectivity index (χ1v) is 9.56. The van der Waals surface area contributed by atoms with Gasteiger partial charge in [-0.1, -0.05) is 26.0 Å². The minimum Gasteiger partial charge on any atom is -0.377 e. The second kappa shape index (κ2) is 7.70. The van der Waals surface area contributed by atoms with Gasteiger partial charge in [0.25, 0.3) is 0 Å². The van der Waals surface area contributed by atoms with Crippen LogP contribution in [0.2, 0.25) is 0 Å². The van der Waals surface area contributed by atoms with Gasteiger partial charge in [-0.05, 0) is 37.5 Å². The van der Waals surface area contributed by atoms with Crippen LogP contribution in [0.1, 0.15) is 38.3 Å². The molecule has 2 fully saturated rings. The summed E-state index contributed by atoms with van der Waals surface area (Å²) in [4.78, 5) is 4.61. The van der Waals surface area contributed by atoms with E-state index in [1.165, 1.54) is 12.1 Å². The molecule has 1 aliphatic heterocycles. The molecule has 0 bridgehead atoms. The standard InChI is InChI=1S/C20H28F3N3O/c1-4-24-18(26-16-15-10-12-27-17(15)19(16,2)3)25-11-9-13-5-7-14(8-6-13)20(21,22)23/h5-8,15-17H,4,9-12H2,1-3H3,(H2,24,25,26). The monoisotopic (exact) mass is 383 g/mol. The zero-order valence-electron chi connectivity index (χ0n) is 16.1. The van der Waals surface area contributed by atoms with Crippen LogP contribution in [0.25, 0.3) is 0 Å². The zero-order chi connectivity index (χ0) is 19.7. The molecule has 1 heterocycles. The van der Waals surface area contributed by atoms with Crippen molar-refractivity contribution in [3.05, 3.63) is 35.4 Å². The van der Waals surface area contributed by atoms with Gasteiger partial charge in [0.1, 0.15) is 0 Å². The first-order chi connectivity index (χ1) is 12.7. The van der Waals surface area contributed by atoms with E-state index in [9.17, 15) is 13.2 Å². The van der Waals surface area contributed by atoms with Gasteiger partial charge in [0.05, 0.1) is 11.7 Å². The molecule has 7 heteroatoms. The third-order valence-electron chi connectivity index (χ3n) is 5.69. The Labute approximate surface area is 158 Å². The highest BCUT2D eigenvalue weighted by atomic mass is 19.4. The molecule has 0 amide bonds. The van der Waals surface area contributed by atoms with E-state index >= 15 is 0 Å². The van der Waals surface area contributed by atoms with E-state index in [4.69, 9.17) is 4.74 Å². The number of ether oxygens (including phenoxy) is 1. The Hall–Kier alpha value is -1.76. The number of guanidine groups is 1. The van der Waals surface area contributed by atoms with Gasteiger partial charge in [0.2, 0.25) is 0 Å². The summed E-state index contributed by atoms with van der Waals surface area (Å²) < 4.78 is 43.7. The summed E-state index contributed by atoms with van der Waals surface area (Å²) in [7, 11) is 0. The SMILES string of the molecule is CCNC(=NCCc1ccc(C(F)(F)F)cc1)NC1C2CCOC2C1(C)C. The number of hydrogen-bond donors (Lipinski definition) is 2. The Bertz CT molecular complexity index is 670. The van der Waals surface area contributed by atoms with E-state index in [-0.39, 0.29) is 5.41 Å². The lowest BCUT2D eigenvalue weighted by molar-refractivity contribution is -0.137. The van der Waals surface area contributed by atoms with Crippen LogP contribution >= 0.6 is 0 Å². The van der Waals surface area contributed by atoms with E-state index in [0.29, 0.717) is 31.0 Å². The van der Waals surface area contributed by atoms with Crippen LogP contribution in [0.4, 0.5) is 13.2 Å². The lowest BCUT2D eigenvalue weighted by Gasteiger charge is -2.54. The number of benzene rings is 1. The molecule has 2 aliphatic rings. The lowest BCUT2D eigenvalue weighted by Crippen LogP contribution is -2.68. The van der Waals surface area contributed by atoms with Crippen molar-refractivity contribution < 1.29 is 17.9 Å². The Morgan fingerprint density at radius 1 is 1.26 bits per heavy atom. The van der Waals surface area contributed by atoms with Gasteiger partial charge < -0.3 is 15.4 Å². The number of hydrogen-bond acceptors (Lipinski definition) is 2. The smallest absolute Gasteiger partial charge is 0.377 e. The van der Waals surface area contributed by atoms with Gasteiger partial charge in [-0.15, -0.1) is 0 Å². The lowest BCUT2D eigenvalue weighted by atomic mass is 9.57. The third kappa shape index (κ3) is 4.23. The number of halogens is 3. The molecule has 2 N–H and O–H groups in total. The van der Waals surface area contributed by atoms with Gasteiger partial charge in [-0.3, -0.25) is 4.99 Å². The summed E-state index contributed by atoms with van der Waals surface area (Å²) in [6, 6.07) is 5.61. The fourth-order valence-corrected chi connectivity index (χ4v) is 4.24. The molecule has 4 nitrogen and oxygen atoms in total. The number of alkyl halides is 3. The maximum absolute atomic E-state index is 12.6. The average Bonchev–Trinajstić information content (AvgIpc) is 3.06. The van der Waals surface area contributed by atoms with Crippen molar-refractivity contribution in [3.63, 3.8) is 0 Å². The summed E-state index contributed by atoms with van der Waals surface area (Å²) in [5, 5.41) is 6.81. The predicted octanol–water partition coefficient (Wildman–Crippen LogP) is 3.62. The normalized spacial score (nSPS) is 27.0. The second-order valence-corrected chi connectivity index (χ2v) is 7.89. The van der Waals surface area contributed by atoms with Gasteiger partial charge in [0, 0.05) is 37.1 Å². The summed E-state index contributed by atoms with van der Waals surface area (Å²) in [6.07, 6.45) is -2.32. The number of fused-ring (bicyclic) bond motifs is 1. The molecule has 0 aromatic heterocycles. The fourth-order valence-electron chi connectivity index (χ4n) is 4.24. The molecular weight excluding hydrogens is 355 g/mol. The molecule has 3 unspecified atom stereocenters. The molecule has 27 heavy (non-hydrogen) atoms. The molecule has 1 aliphatic carbocycles. The minimum absolute atomic E-state index is 0.0603. The number of rotatable bonds is 5. The van der Waals surface area contributed by atoms with Crippen LogP contribution in [-0.2, 0) is 17.3 Å². The summed E-state index contributed by atoms with van der Waals surface area (Å²) >= 11 is 0. The van der Waals surface area contributed by atoms with Crippen LogP contribution in [0.15, 0.2) is 29.3 Å². The maximum atomic E-state index is 12.6. The summed E-state index contributed by atoms with van der Waals surface area (Å²) in [5.41, 5.74) is 0.284. The van der Waals surface area contributed by atoms with E-state index in [1.54, 1.807) is 0 Å². The topological polar surface area (TPSA) is 45.7 Å². The largest absolute Gasteiger partial charge is 0.416 e. The zero-order valence-corrected chi connectivity index (χ0v) is 16.1. The molecule has 0 spiro atoms. The van der Waals surface area contributed by atoms with Crippen molar-refractivity contribution in [3.8, 4) is 0 Å². The van der Waals surface area contributed by atoms with Crippen molar-refractivity contribution in [1.29, 1.82) is 0 Å². The predicted molar refractivity (Wildman–Crippen MR) is 99.7 cm³/mol. The van der Waals surface area contributed by atoms with Crippen molar-refractivity contribution in [2.24, 2.45) is 16.3 Å². The van der Waals surface area contributed by atoms with Gasteiger partial charge in [0.15, 0.2) is 5.96 Å². The first-order valence-electron chi connectivity index (χ1n) is 9.56. The quantitative estimate of drug-likeness (QED) is 0.603. The van der Waals surface area contributed by atoms with Gasteiger partial charge >= 0.3 is 6.18 Å². The summed E-state index contributed by atoms with van der Waals surface area (Å²) in [5.74, 6) is 1.27. The molecule has 0 radical (unpaired) electrons. The van der Waals surface area contributed by atoms with Crippen LogP contribution in [0.3, 0.4) is 0 Å². The van der Waals surface area contributed by atoms with E-state index in [1.807, 2.05) is 6.92 Å². The highest BCUT2D eigenvalue weighted by Crippen LogP contribution is 2.52. The highest BCUT2D eigenvalue weighted by molar-refractivity contribution is 5.80. The van der Waals surface area contributed by atoms with Crippen molar-refractivity contribution in [2.45, 2.75) is 51.9 Å². The highest BCUT2D eigenvalue weighted by Gasteiger charge is 2.59. The van der Waals surface area contributed by atoms with Crippen LogP contribution in [0, 0.1) is 11.3 Å². The van der Waals surface area contributed by atoms with Crippen LogP contribution < -0.4 is 10.6 Å².